The highest BCUT2D eigenvalue weighted by Crippen LogP contribution is 2.24. The molecule has 0 bridgehead atoms. The lowest BCUT2D eigenvalue weighted by Crippen LogP contribution is -2.57. The minimum Gasteiger partial charge on any atom is -0.363 e. The summed E-state index contributed by atoms with van der Waals surface area (Å²) in [6, 6.07) is 10.1. The fourth-order valence-corrected chi connectivity index (χ4v) is 3.01. The number of carbonyl (C=O) groups is 1. The van der Waals surface area contributed by atoms with Gasteiger partial charge in [0.25, 0.3) is 5.91 Å². The number of aromatic nitrogens is 2. The van der Waals surface area contributed by atoms with Crippen molar-refractivity contribution in [3.63, 3.8) is 0 Å². The van der Waals surface area contributed by atoms with E-state index in [1.54, 1.807) is 7.05 Å². The Morgan fingerprint density at radius 3 is 2.96 bits per heavy atom. The summed E-state index contributed by atoms with van der Waals surface area (Å²) in [5.41, 5.74) is 2.46. The standard InChI is InChI=1S/C17H22N4O2/c1-17(16(22)18-2)12-21(8-9-23-17)11-14-10-19-20-15(14)13-6-4-3-5-7-13/h3-7,10H,8-9,11-12H2,1-2H3,(H,18,22)(H,19,20)/t17-/m0/s1. The quantitative estimate of drug-likeness (QED) is 0.895. The summed E-state index contributed by atoms with van der Waals surface area (Å²) >= 11 is 0. The average Bonchev–Trinajstić information content (AvgIpc) is 3.03. The highest BCUT2D eigenvalue weighted by molar-refractivity contribution is 5.84. The van der Waals surface area contributed by atoms with Crippen molar-refractivity contribution in [3.8, 4) is 11.3 Å². The molecule has 6 heteroatoms. The average molecular weight is 314 g/mol. The number of amides is 1. The van der Waals surface area contributed by atoms with Gasteiger partial charge < -0.3 is 10.1 Å². The molecule has 23 heavy (non-hydrogen) atoms. The molecule has 1 aliphatic heterocycles. The largest absolute Gasteiger partial charge is 0.363 e. The summed E-state index contributed by atoms with van der Waals surface area (Å²) in [7, 11) is 1.64. The van der Waals surface area contributed by atoms with Gasteiger partial charge in [-0.1, -0.05) is 30.3 Å². The van der Waals surface area contributed by atoms with Crippen molar-refractivity contribution >= 4 is 5.91 Å². The Bertz CT molecular complexity index is 670. The zero-order valence-electron chi connectivity index (χ0n) is 13.5. The van der Waals surface area contributed by atoms with Gasteiger partial charge >= 0.3 is 0 Å². The number of likely N-dealkylation sites (N-methyl/N-ethyl adjacent to an activating group) is 1. The number of H-pyrrole nitrogens is 1. The molecule has 0 unspecified atom stereocenters. The van der Waals surface area contributed by atoms with Crippen LogP contribution in [0.3, 0.4) is 0 Å². The van der Waals surface area contributed by atoms with E-state index in [0.717, 1.165) is 29.9 Å². The van der Waals surface area contributed by atoms with Crippen LogP contribution in [-0.4, -0.2) is 53.3 Å². The van der Waals surface area contributed by atoms with E-state index in [0.29, 0.717) is 13.2 Å². The molecular weight excluding hydrogens is 292 g/mol. The predicted molar refractivity (Wildman–Crippen MR) is 87.7 cm³/mol. The van der Waals surface area contributed by atoms with Gasteiger partial charge in [-0.15, -0.1) is 0 Å². The molecule has 3 rings (SSSR count). The van der Waals surface area contributed by atoms with E-state index in [4.69, 9.17) is 4.74 Å². The number of rotatable bonds is 4. The van der Waals surface area contributed by atoms with Crippen molar-refractivity contribution < 1.29 is 9.53 Å². The third-order valence-corrected chi connectivity index (χ3v) is 4.24. The minimum atomic E-state index is -0.802. The highest BCUT2D eigenvalue weighted by Gasteiger charge is 2.38. The van der Waals surface area contributed by atoms with Gasteiger partial charge in [-0.05, 0) is 12.5 Å². The van der Waals surface area contributed by atoms with Gasteiger partial charge in [0.2, 0.25) is 0 Å². The van der Waals surface area contributed by atoms with Crippen molar-refractivity contribution in [2.75, 3.05) is 26.7 Å². The third kappa shape index (κ3) is 3.28. The summed E-state index contributed by atoms with van der Waals surface area (Å²) < 4.78 is 5.71. The topological polar surface area (TPSA) is 70.2 Å². The van der Waals surface area contributed by atoms with Crippen LogP contribution in [0.1, 0.15) is 12.5 Å². The maximum atomic E-state index is 12.0. The van der Waals surface area contributed by atoms with E-state index >= 15 is 0 Å². The van der Waals surface area contributed by atoms with Crippen LogP contribution in [0.2, 0.25) is 0 Å². The van der Waals surface area contributed by atoms with Crippen molar-refractivity contribution in [1.82, 2.24) is 20.4 Å². The summed E-state index contributed by atoms with van der Waals surface area (Å²) in [4.78, 5) is 14.3. The Kier molecular flexibility index (Phi) is 4.45. The van der Waals surface area contributed by atoms with Gasteiger partial charge in [-0.25, -0.2) is 0 Å². The number of aromatic amines is 1. The molecule has 0 aliphatic carbocycles. The number of morpholine rings is 1. The van der Waals surface area contributed by atoms with Gasteiger partial charge in [0, 0.05) is 32.2 Å². The zero-order valence-corrected chi connectivity index (χ0v) is 13.5. The molecule has 0 radical (unpaired) electrons. The van der Waals surface area contributed by atoms with Gasteiger partial charge in [-0.3, -0.25) is 14.8 Å². The smallest absolute Gasteiger partial charge is 0.253 e. The van der Waals surface area contributed by atoms with Crippen molar-refractivity contribution in [3.05, 3.63) is 42.1 Å². The zero-order chi connectivity index (χ0) is 16.3. The summed E-state index contributed by atoms with van der Waals surface area (Å²) in [6.07, 6.45) is 1.86. The molecule has 1 amide bonds. The predicted octanol–water partition coefficient (Wildman–Crippen LogP) is 1.41. The first kappa shape index (κ1) is 15.7. The van der Waals surface area contributed by atoms with Gasteiger partial charge in [0.1, 0.15) is 0 Å². The van der Waals surface area contributed by atoms with Crippen LogP contribution in [0.25, 0.3) is 11.3 Å². The SMILES string of the molecule is CNC(=O)[C@]1(C)CN(Cc2cn[nH]c2-c2ccccc2)CCO1. The molecule has 2 N–H and O–H groups in total. The van der Waals surface area contributed by atoms with Crippen molar-refractivity contribution in [2.45, 2.75) is 19.1 Å². The van der Waals surface area contributed by atoms with Crippen LogP contribution in [0.4, 0.5) is 0 Å². The Balaban J connectivity index is 1.76. The molecule has 122 valence electrons. The Morgan fingerprint density at radius 1 is 1.43 bits per heavy atom. The number of ether oxygens (including phenoxy) is 1. The summed E-state index contributed by atoms with van der Waals surface area (Å²) in [6.45, 7) is 4.47. The summed E-state index contributed by atoms with van der Waals surface area (Å²) in [5.74, 6) is -0.0855. The molecule has 2 heterocycles. The first-order chi connectivity index (χ1) is 11.1. The number of hydrogen-bond donors (Lipinski definition) is 2. The second kappa shape index (κ2) is 6.52. The lowest BCUT2D eigenvalue weighted by Gasteiger charge is -2.39. The number of hydrogen-bond acceptors (Lipinski definition) is 4. The van der Waals surface area contributed by atoms with Crippen LogP contribution in [0, 0.1) is 0 Å². The Labute approximate surface area is 135 Å². The van der Waals surface area contributed by atoms with Crippen LogP contribution in [0.5, 0.6) is 0 Å². The van der Waals surface area contributed by atoms with E-state index < -0.39 is 5.60 Å². The fourth-order valence-electron chi connectivity index (χ4n) is 3.01. The Hall–Kier alpha value is -2.18. The lowest BCUT2D eigenvalue weighted by molar-refractivity contribution is -0.156. The molecule has 1 atom stereocenters. The van der Waals surface area contributed by atoms with E-state index in [-0.39, 0.29) is 5.91 Å². The van der Waals surface area contributed by atoms with Gasteiger partial charge in [0.15, 0.2) is 5.60 Å². The molecule has 2 aromatic rings. The normalized spacial score (nSPS) is 22.0. The van der Waals surface area contributed by atoms with E-state index in [9.17, 15) is 4.79 Å². The monoisotopic (exact) mass is 314 g/mol. The number of nitrogens with one attached hydrogen (secondary N) is 2. The molecule has 0 saturated carbocycles. The molecule has 1 aliphatic rings. The first-order valence-corrected chi connectivity index (χ1v) is 7.78. The Morgan fingerprint density at radius 2 is 2.22 bits per heavy atom. The van der Waals surface area contributed by atoms with Crippen molar-refractivity contribution in [2.24, 2.45) is 0 Å². The van der Waals surface area contributed by atoms with Crippen LogP contribution < -0.4 is 5.32 Å². The maximum Gasteiger partial charge on any atom is 0.253 e. The molecule has 6 nitrogen and oxygen atoms in total. The lowest BCUT2D eigenvalue weighted by atomic mass is 10.0. The maximum absolute atomic E-state index is 12.0. The number of carbonyl (C=O) groups excluding carboxylic acids is 1. The second-order valence-corrected chi connectivity index (χ2v) is 6.01. The van der Waals surface area contributed by atoms with E-state index in [1.165, 1.54) is 0 Å². The van der Waals surface area contributed by atoms with Gasteiger partial charge in [-0.2, -0.15) is 5.10 Å². The second-order valence-electron chi connectivity index (χ2n) is 6.01. The third-order valence-electron chi connectivity index (χ3n) is 4.24. The first-order valence-electron chi connectivity index (χ1n) is 7.78. The molecule has 1 saturated heterocycles. The number of benzene rings is 1. The molecule has 1 aromatic heterocycles. The molecule has 0 spiro atoms. The van der Waals surface area contributed by atoms with Gasteiger partial charge in [0.05, 0.1) is 18.5 Å². The molecule has 1 aromatic carbocycles. The summed E-state index contributed by atoms with van der Waals surface area (Å²) in [5, 5.41) is 9.95. The number of nitrogens with zero attached hydrogens (tertiary/aromatic N) is 2. The van der Waals surface area contributed by atoms with Crippen LogP contribution >= 0.6 is 0 Å². The van der Waals surface area contributed by atoms with E-state index in [2.05, 4.69) is 32.5 Å². The minimum absolute atomic E-state index is 0.0855. The molecule has 1 fully saturated rings. The van der Waals surface area contributed by atoms with Crippen molar-refractivity contribution in [1.29, 1.82) is 0 Å². The van der Waals surface area contributed by atoms with E-state index in [1.807, 2.05) is 31.3 Å². The molecular formula is C17H22N4O2. The van der Waals surface area contributed by atoms with Crippen LogP contribution in [-0.2, 0) is 16.1 Å². The highest BCUT2D eigenvalue weighted by atomic mass is 16.5. The fraction of sp³-hybridized carbons (Fsp3) is 0.412. The van der Waals surface area contributed by atoms with Crippen LogP contribution in [0.15, 0.2) is 36.5 Å².